The summed E-state index contributed by atoms with van der Waals surface area (Å²) in [5.74, 6) is -0.168. The lowest BCUT2D eigenvalue weighted by atomic mass is 10.2. The van der Waals surface area contributed by atoms with E-state index in [4.69, 9.17) is 0 Å². The summed E-state index contributed by atoms with van der Waals surface area (Å²) in [5, 5.41) is 3.15. The minimum atomic E-state index is -0.261. The first-order valence-electron chi connectivity index (χ1n) is 5.35. The fraction of sp³-hybridized carbons (Fsp3) is 0.417. The molecular formula is C12H16BrFN2O. The van der Waals surface area contributed by atoms with Gasteiger partial charge in [-0.15, -0.1) is 0 Å². The fourth-order valence-electron chi connectivity index (χ4n) is 1.31. The summed E-state index contributed by atoms with van der Waals surface area (Å²) in [6.45, 7) is 1.22. The number of hydrogen-bond acceptors (Lipinski definition) is 2. The van der Waals surface area contributed by atoms with Crippen molar-refractivity contribution < 1.29 is 9.18 Å². The second-order valence-electron chi connectivity index (χ2n) is 3.95. The number of halogens is 2. The smallest absolute Gasteiger partial charge is 0.223 e. The number of benzene rings is 1. The minimum Gasteiger partial charge on any atom is -0.349 e. The molecule has 0 fully saturated rings. The molecule has 0 aliphatic heterocycles. The van der Waals surface area contributed by atoms with Gasteiger partial charge in [0, 0.05) is 38.1 Å². The Morgan fingerprint density at radius 3 is 2.76 bits per heavy atom. The number of nitrogens with one attached hydrogen (secondary N) is 1. The van der Waals surface area contributed by atoms with Crippen LogP contribution in [0.15, 0.2) is 22.7 Å². The van der Waals surface area contributed by atoms with Crippen LogP contribution in [0.4, 0.5) is 4.39 Å². The van der Waals surface area contributed by atoms with Crippen LogP contribution >= 0.6 is 15.9 Å². The molecule has 0 atom stereocenters. The molecule has 0 aliphatic carbocycles. The van der Waals surface area contributed by atoms with Crippen LogP contribution in [-0.2, 0) is 11.3 Å². The quantitative estimate of drug-likeness (QED) is 0.846. The molecule has 0 saturated heterocycles. The van der Waals surface area contributed by atoms with E-state index in [-0.39, 0.29) is 11.7 Å². The molecule has 0 aromatic heterocycles. The van der Waals surface area contributed by atoms with Gasteiger partial charge in [-0.25, -0.2) is 4.39 Å². The van der Waals surface area contributed by atoms with Crippen molar-refractivity contribution in [1.82, 2.24) is 10.2 Å². The summed E-state index contributed by atoms with van der Waals surface area (Å²) in [7, 11) is 3.47. The lowest BCUT2D eigenvalue weighted by Gasteiger charge is -2.11. The summed E-state index contributed by atoms with van der Waals surface area (Å²) in [4.78, 5) is 12.9. The Labute approximate surface area is 109 Å². The molecule has 1 aromatic carbocycles. The Morgan fingerprint density at radius 1 is 1.47 bits per heavy atom. The number of hydrogen-bond donors (Lipinski definition) is 1. The standard InChI is InChI=1S/C12H16BrFN2O/c1-16(2)12(17)5-6-15-8-9-3-4-10(14)7-11(9)13/h3-4,7,15H,5-6,8H2,1-2H3. The van der Waals surface area contributed by atoms with Crippen LogP contribution in [0.5, 0.6) is 0 Å². The third-order valence-electron chi connectivity index (χ3n) is 2.35. The number of nitrogens with zero attached hydrogens (tertiary/aromatic N) is 1. The monoisotopic (exact) mass is 302 g/mol. The van der Waals surface area contributed by atoms with Crippen molar-refractivity contribution in [1.29, 1.82) is 0 Å². The molecule has 17 heavy (non-hydrogen) atoms. The molecule has 1 N–H and O–H groups in total. The predicted molar refractivity (Wildman–Crippen MR) is 69.1 cm³/mol. The van der Waals surface area contributed by atoms with E-state index in [0.29, 0.717) is 19.5 Å². The topological polar surface area (TPSA) is 32.3 Å². The molecule has 1 aromatic rings. The van der Waals surface area contributed by atoms with Gasteiger partial charge in [0.15, 0.2) is 0 Å². The Bertz CT molecular complexity index is 396. The molecule has 0 bridgehead atoms. The van der Waals surface area contributed by atoms with Gasteiger partial charge in [-0.05, 0) is 17.7 Å². The van der Waals surface area contributed by atoms with Gasteiger partial charge in [-0.3, -0.25) is 4.79 Å². The molecular weight excluding hydrogens is 287 g/mol. The average molecular weight is 303 g/mol. The van der Waals surface area contributed by atoms with Gasteiger partial charge in [0.05, 0.1) is 0 Å². The zero-order valence-electron chi connectivity index (χ0n) is 9.96. The molecule has 0 saturated carbocycles. The van der Waals surface area contributed by atoms with Crippen LogP contribution in [-0.4, -0.2) is 31.4 Å². The zero-order valence-corrected chi connectivity index (χ0v) is 11.6. The van der Waals surface area contributed by atoms with Gasteiger partial charge in [-0.1, -0.05) is 22.0 Å². The summed E-state index contributed by atoms with van der Waals surface area (Å²) >= 11 is 3.30. The minimum absolute atomic E-state index is 0.0932. The molecule has 94 valence electrons. The Balaban J connectivity index is 2.34. The normalized spacial score (nSPS) is 10.4. The van der Waals surface area contributed by atoms with Crippen LogP contribution in [0.1, 0.15) is 12.0 Å². The van der Waals surface area contributed by atoms with Gasteiger partial charge in [0.25, 0.3) is 0 Å². The maximum Gasteiger partial charge on any atom is 0.223 e. The first kappa shape index (κ1) is 14.1. The summed E-state index contributed by atoms with van der Waals surface area (Å²) in [6.07, 6.45) is 0.464. The lowest BCUT2D eigenvalue weighted by Crippen LogP contribution is -2.26. The van der Waals surface area contributed by atoms with Crippen molar-refractivity contribution >= 4 is 21.8 Å². The van der Waals surface area contributed by atoms with E-state index in [1.807, 2.05) is 0 Å². The van der Waals surface area contributed by atoms with Crippen molar-refractivity contribution in [2.75, 3.05) is 20.6 Å². The molecule has 1 rings (SSSR count). The zero-order chi connectivity index (χ0) is 12.8. The van der Waals surface area contributed by atoms with Gasteiger partial charge < -0.3 is 10.2 Å². The molecule has 0 aliphatic rings. The van der Waals surface area contributed by atoms with E-state index >= 15 is 0 Å². The highest BCUT2D eigenvalue weighted by atomic mass is 79.9. The highest BCUT2D eigenvalue weighted by Crippen LogP contribution is 2.17. The van der Waals surface area contributed by atoms with Crippen LogP contribution in [0.3, 0.4) is 0 Å². The largest absolute Gasteiger partial charge is 0.349 e. The molecule has 5 heteroatoms. The van der Waals surface area contributed by atoms with Crippen LogP contribution < -0.4 is 5.32 Å². The van der Waals surface area contributed by atoms with Crippen molar-refractivity contribution in [2.45, 2.75) is 13.0 Å². The first-order chi connectivity index (χ1) is 8.00. The third kappa shape index (κ3) is 4.83. The van der Waals surface area contributed by atoms with Crippen molar-refractivity contribution in [2.24, 2.45) is 0 Å². The number of carbonyl (C=O) groups is 1. The van der Waals surface area contributed by atoms with Crippen LogP contribution in [0.2, 0.25) is 0 Å². The van der Waals surface area contributed by atoms with E-state index in [9.17, 15) is 9.18 Å². The second-order valence-corrected chi connectivity index (χ2v) is 4.81. The van der Waals surface area contributed by atoms with E-state index in [1.54, 1.807) is 25.1 Å². The molecule has 0 unspecified atom stereocenters. The SMILES string of the molecule is CN(C)C(=O)CCNCc1ccc(F)cc1Br. The predicted octanol–water partition coefficient (Wildman–Crippen LogP) is 2.16. The number of amides is 1. The van der Waals surface area contributed by atoms with Crippen molar-refractivity contribution in [3.05, 3.63) is 34.1 Å². The highest BCUT2D eigenvalue weighted by Gasteiger charge is 2.04. The third-order valence-corrected chi connectivity index (χ3v) is 3.08. The average Bonchev–Trinajstić information content (AvgIpc) is 2.26. The molecule has 0 spiro atoms. The maximum atomic E-state index is 12.8. The van der Waals surface area contributed by atoms with E-state index in [2.05, 4.69) is 21.2 Å². The number of rotatable bonds is 5. The second kappa shape index (κ2) is 6.71. The first-order valence-corrected chi connectivity index (χ1v) is 6.15. The summed E-state index contributed by atoms with van der Waals surface area (Å²) in [5.41, 5.74) is 0.976. The fourth-order valence-corrected chi connectivity index (χ4v) is 1.80. The highest BCUT2D eigenvalue weighted by molar-refractivity contribution is 9.10. The van der Waals surface area contributed by atoms with Gasteiger partial charge >= 0.3 is 0 Å². The molecule has 3 nitrogen and oxygen atoms in total. The van der Waals surface area contributed by atoms with Crippen LogP contribution in [0.25, 0.3) is 0 Å². The maximum absolute atomic E-state index is 12.8. The summed E-state index contributed by atoms with van der Waals surface area (Å²) < 4.78 is 13.6. The van der Waals surface area contributed by atoms with Crippen LogP contribution in [0, 0.1) is 5.82 Å². The Kier molecular flexibility index (Phi) is 5.58. The van der Waals surface area contributed by atoms with E-state index in [1.165, 1.54) is 12.1 Å². The van der Waals surface area contributed by atoms with Gasteiger partial charge in [0.1, 0.15) is 5.82 Å². The van der Waals surface area contributed by atoms with Gasteiger partial charge in [-0.2, -0.15) is 0 Å². The van der Waals surface area contributed by atoms with E-state index in [0.717, 1.165) is 10.0 Å². The Morgan fingerprint density at radius 2 is 2.18 bits per heavy atom. The Hall–Kier alpha value is -0.940. The number of carbonyl (C=O) groups excluding carboxylic acids is 1. The van der Waals surface area contributed by atoms with Crippen molar-refractivity contribution in [3.8, 4) is 0 Å². The molecule has 1 amide bonds. The van der Waals surface area contributed by atoms with Crippen molar-refractivity contribution in [3.63, 3.8) is 0 Å². The summed E-state index contributed by atoms with van der Waals surface area (Å²) in [6, 6.07) is 4.58. The molecule has 0 heterocycles. The molecule has 0 radical (unpaired) electrons. The van der Waals surface area contributed by atoms with Gasteiger partial charge in [0.2, 0.25) is 5.91 Å². The lowest BCUT2D eigenvalue weighted by molar-refractivity contribution is -0.128. The van der Waals surface area contributed by atoms with E-state index < -0.39 is 0 Å².